The van der Waals surface area contributed by atoms with E-state index in [9.17, 15) is 34.8 Å². The quantitative estimate of drug-likeness (QED) is 0.196. The first-order valence-corrected chi connectivity index (χ1v) is 19.3. The van der Waals surface area contributed by atoms with Crippen molar-refractivity contribution < 1.29 is 45.1 Å². The van der Waals surface area contributed by atoms with Crippen LogP contribution in [-0.2, 0) is 36.7 Å². The Morgan fingerprint density at radius 2 is 0.980 bits per heavy atom. The van der Waals surface area contributed by atoms with Crippen LogP contribution in [0, 0.1) is 0 Å². The molecule has 5 N–H and O–H groups in total. The van der Waals surface area contributed by atoms with Crippen molar-refractivity contribution in [2.45, 2.75) is 100 Å². The van der Waals surface area contributed by atoms with Crippen LogP contribution in [0.3, 0.4) is 0 Å². The van der Waals surface area contributed by atoms with Crippen molar-refractivity contribution in [1.29, 1.82) is 0 Å². The Morgan fingerprint density at radius 1 is 0.612 bits per heavy atom. The lowest BCUT2D eigenvalue weighted by molar-refractivity contribution is 0.0696. The van der Waals surface area contributed by atoms with Gasteiger partial charge in [-0.25, -0.2) is 44.2 Å². The molecule has 0 fully saturated rings. The van der Waals surface area contributed by atoms with E-state index in [0.29, 0.717) is 17.4 Å². The summed E-state index contributed by atoms with van der Waals surface area (Å²) in [5.41, 5.74) is -0.808. The van der Waals surface area contributed by atoms with Gasteiger partial charge < -0.3 is 10.2 Å². The Morgan fingerprint density at radius 3 is 1.35 bits per heavy atom. The summed E-state index contributed by atoms with van der Waals surface area (Å²) in [5, 5.41) is 17.7. The van der Waals surface area contributed by atoms with Crippen LogP contribution < -0.4 is 14.2 Å². The summed E-state index contributed by atoms with van der Waals surface area (Å²) in [5.74, 6) is -1.15. The molecule has 0 aliphatic carbocycles. The number of rotatable bonds is 9. The van der Waals surface area contributed by atoms with Gasteiger partial charge in [0.1, 0.15) is 6.29 Å². The molecule has 0 heterocycles. The van der Waals surface area contributed by atoms with E-state index in [1.54, 1.807) is 86.6 Å². The molecule has 0 aromatic heterocycles. The number of aldehydes is 1. The maximum absolute atomic E-state index is 11.9. The highest BCUT2D eigenvalue weighted by molar-refractivity contribution is 7.90. The molecule has 0 unspecified atom stereocenters. The van der Waals surface area contributed by atoms with Gasteiger partial charge in [0.2, 0.25) is 30.1 Å². The summed E-state index contributed by atoms with van der Waals surface area (Å²) in [4.78, 5) is 21.5. The first-order valence-electron chi connectivity index (χ1n) is 14.8. The van der Waals surface area contributed by atoms with Gasteiger partial charge in [-0.05, 0) is 110 Å². The molecule has 16 heteroatoms. The van der Waals surface area contributed by atoms with Crippen LogP contribution >= 0.6 is 0 Å². The Kier molecular flexibility index (Phi) is 15.0. The molecule has 0 saturated heterocycles. The highest BCUT2D eigenvalue weighted by Crippen LogP contribution is 2.16. The van der Waals surface area contributed by atoms with E-state index in [2.05, 4.69) is 14.2 Å². The van der Waals surface area contributed by atoms with Crippen LogP contribution in [0.1, 0.15) is 88.6 Å². The van der Waals surface area contributed by atoms with Crippen molar-refractivity contribution >= 4 is 42.3 Å². The molecule has 0 spiro atoms. The first kappa shape index (κ1) is 43.5. The predicted octanol–water partition coefficient (Wildman–Crippen LogP) is 4.29. The highest BCUT2D eigenvalue weighted by atomic mass is 32.2. The van der Waals surface area contributed by atoms with Gasteiger partial charge in [-0.1, -0.05) is 30.3 Å². The van der Waals surface area contributed by atoms with E-state index in [4.69, 9.17) is 10.2 Å². The van der Waals surface area contributed by atoms with Gasteiger partial charge in [0.15, 0.2) is 0 Å². The fourth-order valence-electron chi connectivity index (χ4n) is 3.75. The van der Waals surface area contributed by atoms with Gasteiger partial charge in [0.25, 0.3) is 0 Å². The van der Waals surface area contributed by atoms with Crippen molar-refractivity contribution in [3.05, 3.63) is 89.5 Å². The number of carboxylic acid groups (broad SMARTS) is 1. The topological polar surface area (TPSA) is 213 Å². The van der Waals surface area contributed by atoms with Crippen LogP contribution in [0.2, 0.25) is 0 Å². The highest BCUT2D eigenvalue weighted by Gasteiger charge is 2.24. The van der Waals surface area contributed by atoms with Gasteiger partial charge in [-0.2, -0.15) is 0 Å². The largest absolute Gasteiger partial charge is 0.478 e. The number of hydrogen-bond acceptors (Lipinski definition) is 9. The van der Waals surface area contributed by atoms with Crippen LogP contribution in [-0.4, -0.2) is 64.3 Å². The van der Waals surface area contributed by atoms with E-state index >= 15 is 0 Å². The number of carbonyl (C=O) groups excluding carboxylic acids is 1. The zero-order valence-electron chi connectivity index (χ0n) is 29.1. The first-order chi connectivity index (χ1) is 22.1. The predicted molar refractivity (Wildman–Crippen MR) is 188 cm³/mol. The third-order valence-corrected chi connectivity index (χ3v) is 10.7. The van der Waals surface area contributed by atoms with Crippen molar-refractivity contribution in [2.75, 3.05) is 0 Å². The maximum atomic E-state index is 11.9. The minimum atomic E-state index is -3.69. The van der Waals surface area contributed by atoms with Crippen molar-refractivity contribution in [3.8, 4) is 0 Å². The van der Waals surface area contributed by atoms with Gasteiger partial charge in [0.05, 0.1) is 26.9 Å². The second-order valence-corrected chi connectivity index (χ2v) is 18.9. The van der Waals surface area contributed by atoms with Crippen molar-refractivity contribution in [1.82, 2.24) is 14.2 Å². The number of carboxylic acids is 1. The molecule has 272 valence electrons. The van der Waals surface area contributed by atoms with E-state index in [1.165, 1.54) is 42.5 Å². The Hall–Kier alpha value is -3.51. The number of hydrogen-bond donors (Lipinski definition) is 5. The summed E-state index contributed by atoms with van der Waals surface area (Å²) < 4.78 is 79.0. The third-order valence-electron chi connectivity index (χ3n) is 5.41. The molecule has 0 aliphatic heterocycles. The van der Waals surface area contributed by atoms with E-state index in [1.807, 2.05) is 0 Å². The number of aliphatic hydroxyl groups excluding tert-OH is 1. The SMILES string of the molecule is CC(C)(C)NS(=O)(=O)c1cccc(C(=O)O)c1.CC(C)(C)NS(=O)(=O)c1cccc(C=O)c1.CC(C)(C)NS(=O)(=O)c1cccc(CO)c1. The van der Waals surface area contributed by atoms with Crippen LogP contribution in [0.4, 0.5) is 0 Å². The molecule has 3 rings (SSSR count). The molecule has 0 saturated carbocycles. The van der Waals surface area contributed by atoms with Crippen molar-refractivity contribution in [2.24, 2.45) is 0 Å². The molecule has 13 nitrogen and oxygen atoms in total. The number of aliphatic hydroxyl groups is 1. The van der Waals surface area contributed by atoms with Gasteiger partial charge in [-0.15, -0.1) is 0 Å². The zero-order chi connectivity index (χ0) is 38.1. The summed E-state index contributed by atoms with van der Waals surface area (Å²) in [7, 11) is -10.8. The minimum Gasteiger partial charge on any atom is -0.478 e. The number of benzene rings is 3. The second kappa shape index (κ2) is 16.9. The lowest BCUT2D eigenvalue weighted by Gasteiger charge is -2.20. The van der Waals surface area contributed by atoms with Crippen LogP contribution in [0.5, 0.6) is 0 Å². The third kappa shape index (κ3) is 16.2. The van der Waals surface area contributed by atoms with Crippen molar-refractivity contribution in [3.63, 3.8) is 0 Å². The number of sulfonamides is 3. The monoisotopic (exact) mass is 741 g/mol. The summed E-state index contributed by atoms with van der Waals surface area (Å²) in [6, 6.07) is 17.4. The molecule has 0 aliphatic rings. The minimum absolute atomic E-state index is 0.0488. The molecule has 49 heavy (non-hydrogen) atoms. The molecule has 0 bridgehead atoms. The Labute approximate surface area is 290 Å². The Bertz CT molecular complexity index is 1920. The Balaban J connectivity index is 0.000000368. The number of carbonyl (C=O) groups is 2. The standard InChI is InChI=1S/C11H15NO4S.C11H17NO3S.C11H15NO3S/c1-11(2,3)12-17(15,16)9-6-4-5-8(7-9)10(13)14;2*1-11(2,3)12-16(14,15)10-6-4-5-9(7-10)8-13/h4-7,12H,1-3H3,(H,13,14);4-7,12-13H,8H2,1-3H3;4-8,12H,1-3H3. The average molecular weight is 742 g/mol. The second-order valence-electron chi connectivity index (χ2n) is 13.9. The zero-order valence-corrected chi connectivity index (χ0v) is 31.5. The van der Waals surface area contributed by atoms with Crippen LogP contribution in [0.25, 0.3) is 0 Å². The van der Waals surface area contributed by atoms with E-state index < -0.39 is 52.7 Å². The summed E-state index contributed by atoms with van der Waals surface area (Å²) in [6.07, 6.45) is 0.621. The van der Waals surface area contributed by atoms with Gasteiger partial charge in [0, 0.05) is 22.2 Å². The fourth-order valence-corrected chi connectivity index (χ4v) is 8.17. The molecule has 0 atom stereocenters. The molecular formula is C33H47N3O10S3. The normalized spacial score (nSPS) is 12.5. The lowest BCUT2D eigenvalue weighted by atomic mass is 10.1. The van der Waals surface area contributed by atoms with Gasteiger partial charge >= 0.3 is 5.97 Å². The molecular weight excluding hydrogens is 695 g/mol. The van der Waals surface area contributed by atoms with Crippen LogP contribution in [0.15, 0.2) is 87.5 Å². The van der Waals surface area contributed by atoms with Gasteiger partial charge in [-0.3, -0.25) is 4.79 Å². The molecule has 0 amide bonds. The molecule has 3 aromatic rings. The molecule has 0 radical (unpaired) electrons. The van der Waals surface area contributed by atoms with E-state index in [0.717, 1.165) is 6.07 Å². The maximum Gasteiger partial charge on any atom is 0.335 e. The lowest BCUT2D eigenvalue weighted by Crippen LogP contribution is -2.40. The average Bonchev–Trinajstić information content (AvgIpc) is 2.94. The number of aromatic carboxylic acids is 1. The summed E-state index contributed by atoms with van der Waals surface area (Å²) in [6.45, 7) is 15.6. The smallest absolute Gasteiger partial charge is 0.335 e. The summed E-state index contributed by atoms with van der Waals surface area (Å²) >= 11 is 0. The van der Waals surface area contributed by atoms with E-state index in [-0.39, 0.29) is 26.9 Å². The molecule has 3 aromatic carbocycles. The fraction of sp³-hybridized carbons (Fsp3) is 0.394. The number of nitrogens with one attached hydrogen (secondary N) is 3.